The first-order valence-electron chi connectivity index (χ1n) is 7.60. The molecule has 1 atom stereocenters. The van der Waals surface area contributed by atoms with Crippen LogP contribution < -0.4 is 10.6 Å². The molecule has 5 heteroatoms. The van der Waals surface area contributed by atoms with Crippen LogP contribution in [0.25, 0.3) is 11.1 Å². The Hall–Kier alpha value is -2.37. The number of aliphatic hydroxyl groups is 1. The lowest BCUT2D eigenvalue weighted by molar-refractivity contribution is 0.0663. The minimum Gasteiger partial charge on any atom is -0.389 e. The maximum Gasteiger partial charge on any atom is 0.319 e. The second kappa shape index (κ2) is 6.81. The molecule has 0 bridgehead atoms. The Morgan fingerprint density at radius 1 is 1.22 bits per heavy atom. The first-order valence-corrected chi connectivity index (χ1v) is 7.60. The maximum atomic E-state index is 11.9. The molecule has 2 amide bonds. The van der Waals surface area contributed by atoms with E-state index in [0.717, 1.165) is 12.1 Å². The van der Waals surface area contributed by atoms with Gasteiger partial charge in [0.15, 0.2) is 0 Å². The summed E-state index contributed by atoms with van der Waals surface area (Å²) in [6, 6.07) is 13.9. The molecule has 1 unspecified atom stereocenters. The number of rotatable bonds is 5. The highest BCUT2D eigenvalue weighted by molar-refractivity contribution is 5.90. The number of benzene rings is 2. The van der Waals surface area contributed by atoms with E-state index in [4.69, 9.17) is 4.74 Å². The molecule has 0 saturated heterocycles. The molecule has 0 fully saturated rings. The number of nitrogens with one attached hydrogen (secondary N) is 2. The van der Waals surface area contributed by atoms with Crippen molar-refractivity contribution in [2.24, 2.45) is 0 Å². The van der Waals surface area contributed by atoms with Crippen LogP contribution >= 0.6 is 0 Å². The Kier molecular flexibility index (Phi) is 4.60. The van der Waals surface area contributed by atoms with E-state index in [2.05, 4.69) is 22.8 Å². The molecule has 0 aliphatic heterocycles. The molecule has 2 aromatic rings. The first kappa shape index (κ1) is 15.5. The summed E-state index contributed by atoms with van der Waals surface area (Å²) in [7, 11) is 1.51. The van der Waals surface area contributed by atoms with Gasteiger partial charge in [0, 0.05) is 19.3 Å². The average Bonchev–Trinajstić information content (AvgIpc) is 2.91. The number of anilines is 1. The predicted octanol–water partition coefficient (Wildman–Crippen LogP) is 2.39. The van der Waals surface area contributed by atoms with Gasteiger partial charge < -0.3 is 20.5 Å². The minimum absolute atomic E-state index is 0.149. The number of aliphatic hydroxyl groups excluding tert-OH is 1. The summed E-state index contributed by atoms with van der Waals surface area (Å²) in [5.41, 5.74) is 5.76. The second-order valence-corrected chi connectivity index (χ2v) is 5.65. The number of urea groups is 1. The quantitative estimate of drug-likeness (QED) is 0.677. The van der Waals surface area contributed by atoms with E-state index in [1.807, 2.05) is 30.3 Å². The number of carbonyl (C=O) groups is 1. The van der Waals surface area contributed by atoms with Gasteiger partial charge in [-0.3, -0.25) is 0 Å². The molecule has 0 radical (unpaired) electrons. The van der Waals surface area contributed by atoms with Gasteiger partial charge in [-0.15, -0.1) is 0 Å². The van der Waals surface area contributed by atoms with Gasteiger partial charge in [0.2, 0.25) is 0 Å². The van der Waals surface area contributed by atoms with Gasteiger partial charge in [-0.1, -0.05) is 30.3 Å². The zero-order valence-corrected chi connectivity index (χ0v) is 13.0. The first-order chi connectivity index (χ1) is 11.2. The minimum atomic E-state index is -0.708. The SMILES string of the molecule is COCC(O)CNC(=O)Nc1ccc2c(c1)Cc1ccccc1-2. The summed E-state index contributed by atoms with van der Waals surface area (Å²) < 4.78 is 4.81. The lowest BCUT2D eigenvalue weighted by Gasteiger charge is -2.12. The summed E-state index contributed by atoms with van der Waals surface area (Å²) in [5, 5.41) is 14.9. The van der Waals surface area contributed by atoms with Gasteiger partial charge in [0.25, 0.3) is 0 Å². The lowest BCUT2D eigenvalue weighted by Crippen LogP contribution is -2.37. The summed E-state index contributed by atoms with van der Waals surface area (Å²) in [6.07, 6.45) is 0.176. The van der Waals surface area contributed by atoms with Crippen molar-refractivity contribution in [3.05, 3.63) is 53.6 Å². The smallest absolute Gasteiger partial charge is 0.319 e. The maximum absolute atomic E-state index is 11.9. The van der Waals surface area contributed by atoms with Gasteiger partial charge in [0.1, 0.15) is 0 Å². The number of hydrogen-bond acceptors (Lipinski definition) is 3. The van der Waals surface area contributed by atoms with E-state index >= 15 is 0 Å². The Bertz CT molecular complexity index is 715. The third kappa shape index (κ3) is 3.52. The molecular formula is C18H20N2O3. The Labute approximate surface area is 135 Å². The molecule has 0 aromatic heterocycles. The van der Waals surface area contributed by atoms with E-state index in [1.54, 1.807) is 0 Å². The van der Waals surface area contributed by atoms with E-state index in [-0.39, 0.29) is 19.2 Å². The van der Waals surface area contributed by atoms with Gasteiger partial charge in [-0.25, -0.2) is 4.79 Å². The van der Waals surface area contributed by atoms with E-state index < -0.39 is 6.10 Å². The van der Waals surface area contributed by atoms with E-state index in [0.29, 0.717) is 0 Å². The number of amides is 2. The highest BCUT2D eigenvalue weighted by Crippen LogP contribution is 2.37. The molecule has 0 heterocycles. The fraction of sp³-hybridized carbons (Fsp3) is 0.278. The highest BCUT2D eigenvalue weighted by atomic mass is 16.5. The average molecular weight is 312 g/mol. The summed E-state index contributed by atoms with van der Waals surface area (Å²) in [6.45, 7) is 0.341. The number of ether oxygens (including phenoxy) is 1. The number of hydrogen-bond donors (Lipinski definition) is 3. The fourth-order valence-electron chi connectivity index (χ4n) is 2.86. The molecule has 1 aliphatic carbocycles. The molecule has 0 saturated carbocycles. The second-order valence-electron chi connectivity index (χ2n) is 5.65. The molecule has 1 aliphatic rings. The summed E-state index contributed by atoms with van der Waals surface area (Å²) >= 11 is 0. The van der Waals surface area contributed by atoms with Crippen molar-refractivity contribution < 1.29 is 14.6 Å². The van der Waals surface area contributed by atoms with Crippen LogP contribution in [0.15, 0.2) is 42.5 Å². The summed E-state index contributed by atoms with van der Waals surface area (Å²) in [4.78, 5) is 11.9. The van der Waals surface area contributed by atoms with Gasteiger partial charge in [-0.05, 0) is 40.8 Å². The van der Waals surface area contributed by atoms with Gasteiger partial charge >= 0.3 is 6.03 Å². The standard InChI is InChI=1S/C18H20N2O3/c1-23-11-15(21)10-19-18(22)20-14-6-7-17-13(9-14)8-12-4-2-3-5-16(12)17/h2-7,9,15,21H,8,10-11H2,1H3,(H2,19,20,22). The van der Waals surface area contributed by atoms with Gasteiger partial charge in [0.05, 0.1) is 12.7 Å². The predicted molar refractivity (Wildman–Crippen MR) is 89.6 cm³/mol. The fourth-order valence-corrected chi connectivity index (χ4v) is 2.86. The van der Waals surface area contributed by atoms with Crippen LogP contribution in [0.2, 0.25) is 0 Å². The van der Waals surface area contributed by atoms with Crippen LogP contribution in [0.4, 0.5) is 10.5 Å². The van der Waals surface area contributed by atoms with Crippen molar-refractivity contribution >= 4 is 11.7 Å². The van der Waals surface area contributed by atoms with Crippen LogP contribution in [0.5, 0.6) is 0 Å². The Balaban J connectivity index is 1.63. The Morgan fingerprint density at radius 2 is 2.00 bits per heavy atom. The molecule has 3 rings (SSSR count). The topological polar surface area (TPSA) is 70.6 Å². The molecular weight excluding hydrogens is 292 g/mol. The van der Waals surface area contributed by atoms with Crippen molar-refractivity contribution in [1.29, 1.82) is 0 Å². The third-order valence-electron chi connectivity index (χ3n) is 3.91. The van der Waals surface area contributed by atoms with Crippen molar-refractivity contribution in [3.8, 4) is 11.1 Å². The number of methoxy groups -OCH3 is 1. The molecule has 0 spiro atoms. The van der Waals surface area contributed by atoms with Crippen LogP contribution in [0, 0.1) is 0 Å². The van der Waals surface area contributed by atoms with Gasteiger partial charge in [-0.2, -0.15) is 0 Å². The normalized spacial score (nSPS) is 13.1. The number of fused-ring (bicyclic) bond motifs is 3. The molecule has 120 valence electrons. The molecule has 23 heavy (non-hydrogen) atoms. The number of carbonyl (C=O) groups excluding carboxylic acids is 1. The summed E-state index contributed by atoms with van der Waals surface area (Å²) in [5.74, 6) is 0. The molecule has 2 aromatic carbocycles. The third-order valence-corrected chi connectivity index (χ3v) is 3.91. The van der Waals surface area contributed by atoms with Crippen molar-refractivity contribution in [2.75, 3.05) is 25.6 Å². The lowest BCUT2D eigenvalue weighted by atomic mass is 10.1. The monoisotopic (exact) mass is 312 g/mol. The molecule has 5 nitrogen and oxygen atoms in total. The van der Waals surface area contributed by atoms with Crippen molar-refractivity contribution in [2.45, 2.75) is 12.5 Å². The Morgan fingerprint density at radius 3 is 2.83 bits per heavy atom. The molecule has 3 N–H and O–H groups in total. The van der Waals surface area contributed by atoms with Crippen LogP contribution in [0.3, 0.4) is 0 Å². The van der Waals surface area contributed by atoms with Crippen molar-refractivity contribution in [1.82, 2.24) is 5.32 Å². The van der Waals surface area contributed by atoms with Crippen molar-refractivity contribution in [3.63, 3.8) is 0 Å². The zero-order valence-electron chi connectivity index (χ0n) is 13.0. The van der Waals surface area contributed by atoms with E-state index in [9.17, 15) is 9.90 Å². The zero-order chi connectivity index (χ0) is 16.2. The highest BCUT2D eigenvalue weighted by Gasteiger charge is 2.18. The van der Waals surface area contributed by atoms with Crippen LogP contribution in [-0.2, 0) is 11.2 Å². The van der Waals surface area contributed by atoms with E-state index in [1.165, 1.54) is 29.4 Å². The largest absolute Gasteiger partial charge is 0.389 e. The van der Waals surface area contributed by atoms with Crippen LogP contribution in [0.1, 0.15) is 11.1 Å². The van der Waals surface area contributed by atoms with Crippen LogP contribution in [-0.4, -0.2) is 37.5 Å².